The van der Waals surface area contributed by atoms with E-state index in [1.807, 2.05) is 0 Å². The molecule has 2 nitrogen and oxygen atoms in total. The standard InChI is InChI=1S/C12H14BrF3O2/c1-11(2,6-17)8-4-7(13)5-9(10(8)18-3)12(14,15)16/h4-5,17H,6H2,1-3H3. The molecule has 0 aliphatic heterocycles. The molecule has 0 saturated carbocycles. The normalized spacial score (nSPS) is 12.7. The van der Waals surface area contributed by atoms with Crippen molar-refractivity contribution in [2.75, 3.05) is 13.7 Å². The second-order valence-electron chi connectivity index (χ2n) is 4.57. The van der Waals surface area contributed by atoms with Gasteiger partial charge in [0.25, 0.3) is 0 Å². The topological polar surface area (TPSA) is 29.5 Å². The molecule has 1 aromatic rings. The number of rotatable bonds is 3. The molecule has 0 unspecified atom stereocenters. The number of aliphatic hydroxyl groups excluding tert-OH is 1. The van der Waals surface area contributed by atoms with E-state index >= 15 is 0 Å². The Morgan fingerprint density at radius 2 is 1.72 bits per heavy atom. The lowest BCUT2D eigenvalue weighted by molar-refractivity contribution is -0.138. The van der Waals surface area contributed by atoms with Crippen LogP contribution in [0.3, 0.4) is 0 Å². The number of hydrogen-bond donors (Lipinski definition) is 1. The van der Waals surface area contributed by atoms with E-state index in [1.54, 1.807) is 13.8 Å². The van der Waals surface area contributed by atoms with Crippen molar-refractivity contribution in [2.45, 2.75) is 25.4 Å². The minimum Gasteiger partial charge on any atom is -0.496 e. The van der Waals surface area contributed by atoms with Crippen molar-refractivity contribution >= 4 is 15.9 Å². The molecule has 0 aliphatic carbocycles. The Morgan fingerprint density at radius 3 is 2.11 bits per heavy atom. The summed E-state index contributed by atoms with van der Waals surface area (Å²) in [6.07, 6.45) is -4.50. The second-order valence-corrected chi connectivity index (χ2v) is 5.49. The van der Waals surface area contributed by atoms with E-state index in [4.69, 9.17) is 4.74 Å². The SMILES string of the molecule is COc1c(C(F)(F)F)cc(Br)cc1C(C)(C)CO. The molecule has 0 fully saturated rings. The Bertz CT molecular complexity index is 442. The third-order valence-corrected chi connectivity index (χ3v) is 3.15. The van der Waals surface area contributed by atoms with Gasteiger partial charge in [-0.3, -0.25) is 0 Å². The van der Waals surface area contributed by atoms with Gasteiger partial charge in [0.05, 0.1) is 19.3 Å². The molecule has 0 aromatic heterocycles. The van der Waals surface area contributed by atoms with Gasteiger partial charge < -0.3 is 9.84 Å². The molecule has 0 heterocycles. The molecular formula is C12H14BrF3O2. The third-order valence-electron chi connectivity index (χ3n) is 2.69. The summed E-state index contributed by atoms with van der Waals surface area (Å²) in [5.41, 5.74) is -1.36. The number of halogens is 4. The van der Waals surface area contributed by atoms with Crippen LogP contribution in [0.2, 0.25) is 0 Å². The smallest absolute Gasteiger partial charge is 0.420 e. The maximum Gasteiger partial charge on any atom is 0.420 e. The molecule has 0 amide bonds. The van der Waals surface area contributed by atoms with Crippen molar-refractivity contribution in [3.8, 4) is 5.75 Å². The van der Waals surface area contributed by atoms with Crippen LogP contribution in [0, 0.1) is 0 Å². The summed E-state index contributed by atoms with van der Waals surface area (Å²) in [4.78, 5) is 0. The summed E-state index contributed by atoms with van der Waals surface area (Å²) in [6, 6.07) is 2.50. The molecule has 1 N–H and O–H groups in total. The average molecular weight is 327 g/mol. The van der Waals surface area contributed by atoms with Crippen LogP contribution in [0.25, 0.3) is 0 Å². The first-order valence-electron chi connectivity index (χ1n) is 5.19. The zero-order chi connectivity index (χ0) is 14.1. The summed E-state index contributed by atoms with van der Waals surface area (Å²) in [7, 11) is 1.19. The number of ether oxygens (including phenoxy) is 1. The number of methoxy groups -OCH3 is 1. The van der Waals surface area contributed by atoms with Gasteiger partial charge in [-0.25, -0.2) is 0 Å². The van der Waals surface area contributed by atoms with Gasteiger partial charge in [-0.1, -0.05) is 29.8 Å². The largest absolute Gasteiger partial charge is 0.496 e. The van der Waals surface area contributed by atoms with Gasteiger partial charge in [0, 0.05) is 15.5 Å². The highest BCUT2D eigenvalue weighted by molar-refractivity contribution is 9.10. The van der Waals surface area contributed by atoms with Gasteiger partial charge in [0.1, 0.15) is 5.75 Å². The van der Waals surface area contributed by atoms with Crippen LogP contribution in [0.4, 0.5) is 13.2 Å². The van der Waals surface area contributed by atoms with Gasteiger partial charge in [0.2, 0.25) is 0 Å². The molecule has 6 heteroatoms. The Hall–Kier alpha value is -0.750. The fraction of sp³-hybridized carbons (Fsp3) is 0.500. The Morgan fingerprint density at radius 1 is 1.22 bits per heavy atom. The molecule has 0 bridgehead atoms. The van der Waals surface area contributed by atoms with Crippen molar-refractivity contribution in [1.29, 1.82) is 0 Å². The zero-order valence-electron chi connectivity index (χ0n) is 10.2. The van der Waals surface area contributed by atoms with Gasteiger partial charge in [0.15, 0.2) is 0 Å². The highest BCUT2D eigenvalue weighted by atomic mass is 79.9. The van der Waals surface area contributed by atoms with Gasteiger partial charge in [-0.2, -0.15) is 13.2 Å². The molecule has 0 radical (unpaired) electrons. The first kappa shape index (κ1) is 15.3. The monoisotopic (exact) mass is 326 g/mol. The molecular weight excluding hydrogens is 313 g/mol. The van der Waals surface area contributed by atoms with Crippen LogP contribution in [-0.2, 0) is 11.6 Å². The van der Waals surface area contributed by atoms with Crippen LogP contribution in [-0.4, -0.2) is 18.8 Å². The highest BCUT2D eigenvalue weighted by Crippen LogP contribution is 2.43. The minimum absolute atomic E-state index is 0.246. The van der Waals surface area contributed by atoms with E-state index in [-0.39, 0.29) is 12.4 Å². The molecule has 0 saturated heterocycles. The summed E-state index contributed by atoms with van der Waals surface area (Å²) in [5.74, 6) is -0.246. The maximum absolute atomic E-state index is 12.9. The van der Waals surface area contributed by atoms with E-state index in [0.717, 1.165) is 6.07 Å². The number of alkyl halides is 3. The predicted octanol–water partition coefficient (Wildman–Crippen LogP) is 3.75. The van der Waals surface area contributed by atoms with Crippen molar-refractivity contribution in [1.82, 2.24) is 0 Å². The van der Waals surface area contributed by atoms with Gasteiger partial charge in [-0.15, -0.1) is 0 Å². The Labute approximate surface area is 112 Å². The van der Waals surface area contributed by atoms with Crippen LogP contribution in [0.1, 0.15) is 25.0 Å². The van der Waals surface area contributed by atoms with E-state index < -0.39 is 17.2 Å². The Kier molecular flexibility index (Phi) is 4.33. The predicted molar refractivity (Wildman–Crippen MR) is 65.8 cm³/mol. The van der Waals surface area contributed by atoms with E-state index in [0.29, 0.717) is 10.0 Å². The molecule has 1 aromatic carbocycles. The summed E-state index contributed by atoms with van der Waals surface area (Å²) >= 11 is 3.05. The van der Waals surface area contributed by atoms with Crippen LogP contribution >= 0.6 is 15.9 Å². The van der Waals surface area contributed by atoms with Crippen LogP contribution < -0.4 is 4.74 Å². The first-order chi connectivity index (χ1) is 8.13. The molecule has 0 aliphatic rings. The van der Waals surface area contributed by atoms with Crippen LogP contribution in [0.5, 0.6) is 5.75 Å². The van der Waals surface area contributed by atoms with E-state index in [1.165, 1.54) is 13.2 Å². The van der Waals surface area contributed by atoms with Crippen molar-refractivity contribution in [3.05, 3.63) is 27.7 Å². The molecule has 1 rings (SSSR count). The summed E-state index contributed by atoms with van der Waals surface area (Å²) in [6.45, 7) is 3.02. The minimum atomic E-state index is -4.50. The molecule has 0 atom stereocenters. The molecule has 102 valence electrons. The molecule has 0 spiro atoms. The first-order valence-corrected chi connectivity index (χ1v) is 5.99. The van der Waals surface area contributed by atoms with E-state index in [2.05, 4.69) is 15.9 Å². The zero-order valence-corrected chi connectivity index (χ0v) is 11.8. The Balaban J connectivity index is 3.58. The van der Waals surface area contributed by atoms with Gasteiger partial charge >= 0.3 is 6.18 Å². The highest BCUT2D eigenvalue weighted by Gasteiger charge is 2.38. The lowest BCUT2D eigenvalue weighted by atomic mass is 9.84. The molecule has 18 heavy (non-hydrogen) atoms. The van der Waals surface area contributed by atoms with Crippen molar-refractivity contribution < 1.29 is 23.0 Å². The lowest BCUT2D eigenvalue weighted by Gasteiger charge is -2.27. The fourth-order valence-electron chi connectivity index (χ4n) is 1.61. The summed E-state index contributed by atoms with van der Waals surface area (Å²) in [5, 5.41) is 9.30. The van der Waals surface area contributed by atoms with E-state index in [9.17, 15) is 18.3 Å². The lowest BCUT2D eigenvalue weighted by Crippen LogP contribution is -2.24. The third kappa shape index (κ3) is 2.98. The average Bonchev–Trinajstić information content (AvgIpc) is 2.26. The maximum atomic E-state index is 12.9. The van der Waals surface area contributed by atoms with Gasteiger partial charge in [-0.05, 0) is 12.1 Å². The van der Waals surface area contributed by atoms with Crippen LogP contribution in [0.15, 0.2) is 16.6 Å². The quantitative estimate of drug-likeness (QED) is 0.916. The number of hydrogen-bond acceptors (Lipinski definition) is 2. The number of aliphatic hydroxyl groups is 1. The van der Waals surface area contributed by atoms with Crippen molar-refractivity contribution in [2.24, 2.45) is 0 Å². The second kappa shape index (κ2) is 5.09. The van der Waals surface area contributed by atoms with Crippen molar-refractivity contribution in [3.63, 3.8) is 0 Å². The summed E-state index contributed by atoms with van der Waals surface area (Å²) < 4.78 is 44.0. The number of benzene rings is 1. The fourth-order valence-corrected chi connectivity index (χ4v) is 2.07.